The fourth-order valence-corrected chi connectivity index (χ4v) is 2.53. The number of anilines is 1. The molecule has 5 nitrogen and oxygen atoms in total. The molecule has 1 fully saturated rings. The highest BCUT2D eigenvalue weighted by Gasteiger charge is 2.31. The lowest BCUT2D eigenvalue weighted by atomic mass is 9.96. The molecule has 1 aromatic rings. The van der Waals surface area contributed by atoms with Gasteiger partial charge >= 0.3 is 0 Å². The van der Waals surface area contributed by atoms with Crippen LogP contribution in [0.5, 0.6) is 0 Å². The summed E-state index contributed by atoms with van der Waals surface area (Å²) in [5.41, 5.74) is -0.0972. The summed E-state index contributed by atoms with van der Waals surface area (Å²) in [4.78, 5) is 19.5. The lowest BCUT2D eigenvalue weighted by Crippen LogP contribution is -2.54. The molecule has 0 aliphatic carbocycles. The van der Waals surface area contributed by atoms with Crippen LogP contribution in [0.1, 0.15) is 20.3 Å². The van der Waals surface area contributed by atoms with E-state index in [1.54, 1.807) is 4.90 Å². The van der Waals surface area contributed by atoms with Crippen molar-refractivity contribution in [2.24, 2.45) is 0 Å². The maximum absolute atomic E-state index is 12.4. The molecule has 0 aromatic carbocycles. The molecule has 2 rings (SSSR count). The van der Waals surface area contributed by atoms with Crippen LogP contribution in [0.3, 0.4) is 0 Å². The van der Waals surface area contributed by atoms with Gasteiger partial charge in [-0.3, -0.25) is 9.69 Å². The maximum Gasteiger partial charge on any atom is 0.229 e. The molecule has 0 radical (unpaired) electrons. The van der Waals surface area contributed by atoms with Crippen LogP contribution in [-0.2, 0) is 4.79 Å². The molecule has 106 valence electrons. The molecule has 2 N–H and O–H groups in total. The lowest BCUT2D eigenvalue weighted by Gasteiger charge is -2.41. The van der Waals surface area contributed by atoms with Crippen molar-refractivity contribution in [2.45, 2.75) is 25.8 Å². The Morgan fingerprint density at radius 3 is 2.68 bits per heavy atom. The number of carbonyl (C=O) groups excluding carboxylic acids is 1. The number of hydrogen-bond acceptors (Lipinski definition) is 3. The van der Waals surface area contributed by atoms with Gasteiger partial charge in [-0.1, -0.05) is 0 Å². The van der Waals surface area contributed by atoms with Gasteiger partial charge < -0.3 is 15.2 Å². The molecule has 1 amide bonds. The van der Waals surface area contributed by atoms with Gasteiger partial charge in [-0.25, -0.2) is 0 Å². The van der Waals surface area contributed by atoms with Crippen LogP contribution in [0.15, 0.2) is 18.3 Å². The molecule has 0 atom stereocenters. The Bertz CT molecular complexity index is 407. The van der Waals surface area contributed by atoms with E-state index in [9.17, 15) is 4.79 Å². The Morgan fingerprint density at radius 2 is 2.11 bits per heavy atom. The van der Waals surface area contributed by atoms with E-state index in [1.165, 1.54) is 0 Å². The maximum atomic E-state index is 12.4. The number of amides is 1. The summed E-state index contributed by atoms with van der Waals surface area (Å²) in [6.07, 6.45) is 2.36. The van der Waals surface area contributed by atoms with E-state index in [2.05, 4.69) is 29.0 Å². The van der Waals surface area contributed by atoms with Gasteiger partial charge in [0.15, 0.2) is 0 Å². The Morgan fingerprint density at radius 1 is 1.42 bits per heavy atom. The second-order valence-corrected chi connectivity index (χ2v) is 5.73. The molecule has 0 unspecified atom stereocenters. The standard InChI is InChI=1S/C14H24N4O/c1-14(2,18-9-7-15-8-10-18)11-13(19)17(3)12-5-4-6-16-12/h4-6,15-16H,7-11H2,1-3H3. The molecule has 5 heteroatoms. The topological polar surface area (TPSA) is 51.4 Å². The highest BCUT2D eigenvalue weighted by atomic mass is 16.2. The molecule has 0 bridgehead atoms. The number of rotatable bonds is 4. The van der Waals surface area contributed by atoms with E-state index in [1.807, 2.05) is 25.4 Å². The quantitative estimate of drug-likeness (QED) is 0.855. The van der Waals surface area contributed by atoms with Crippen molar-refractivity contribution < 1.29 is 4.79 Å². The van der Waals surface area contributed by atoms with Crippen molar-refractivity contribution in [3.63, 3.8) is 0 Å². The third-order valence-electron chi connectivity index (χ3n) is 3.87. The van der Waals surface area contributed by atoms with Gasteiger partial charge in [0.25, 0.3) is 0 Å². The number of aromatic nitrogens is 1. The van der Waals surface area contributed by atoms with Crippen molar-refractivity contribution >= 4 is 11.7 Å². The van der Waals surface area contributed by atoms with Gasteiger partial charge in [0.1, 0.15) is 5.82 Å². The highest BCUT2D eigenvalue weighted by molar-refractivity contribution is 5.92. The molecule has 1 aliphatic heterocycles. The van der Waals surface area contributed by atoms with E-state index in [0.717, 1.165) is 32.0 Å². The van der Waals surface area contributed by atoms with Gasteiger partial charge in [0.2, 0.25) is 5.91 Å². The summed E-state index contributed by atoms with van der Waals surface area (Å²) in [7, 11) is 1.82. The fraction of sp³-hybridized carbons (Fsp3) is 0.643. The minimum atomic E-state index is -0.0972. The van der Waals surface area contributed by atoms with Crippen molar-refractivity contribution in [1.29, 1.82) is 0 Å². The van der Waals surface area contributed by atoms with Crippen LogP contribution in [0, 0.1) is 0 Å². The van der Waals surface area contributed by atoms with Gasteiger partial charge in [-0.05, 0) is 26.0 Å². The van der Waals surface area contributed by atoms with Gasteiger partial charge in [-0.2, -0.15) is 0 Å². The number of hydrogen-bond donors (Lipinski definition) is 2. The summed E-state index contributed by atoms with van der Waals surface area (Å²) < 4.78 is 0. The predicted octanol–water partition coefficient (Wildman–Crippen LogP) is 1.05. The molecule has 0 spiro atoms. The molecule has 1 saturated heterocycles. The minimum Gasteiger partial charge on any atom is -0.348 e. The van der Waals surface area contributed by atoms with E-state index in [4.69, 9.17) is 0 Å². The summed E-state index contributed by atoms with van der Waals surface area (Å²) in [5, 5.41) is 3.34. The molecule has 2 heterocycles. The number of nitrogens with one attached hydrogen (secondary N) is 2. The number of piperazine rings is 1. The monoisotopic (exact) mass is 264 g/mol. The number of aromatic amines is 1. The van der Waals surface area contributed by atoms with Crippen molar-refractivity contribution in [3.8, 4) is 0 Å². The third kappa shape index (κ3) is 3.36. The average molecular weight is 264 g/mol. The van der Waals surface area contributed by atoms with Crippen LogP contribution in [0.2, 0.25) is 0 Å². The summed E-state index contributed by atoms with van der Waals surface area (Å²) in [5.74, 6) is 0.993. The van der Waals surface area contributed by atoms with Gasteiger partial charge in [0.05, 0.1) is 0 Å². The smallest absolute Gasteiger partial charge is 0.229 e. The van der Waals surface area contributed by atoms with Crippen molar-refractivity contribution in [3.05, 3.63) is 18.3 Å². The average Bonchev–Trinajstić information content (AvgIpc) is 2.92. The fourth-order valence-electron chi connectivity index (χ4n) is 2.53. The van der Waals surface area contributed by atoms with Crippen molar-refractivity contribution in [1.82, 2.24) is 15.2 Å². The normalized spacial score (nSPS) is 17.4. The zero-order valence-corrected chi connectivity index (χ0v) is 12.1. The Hall–Kier alpha value is -1.33. The van der Waals surface area contributed by atoms with Crippen LogP contribution in [-0.4, -0.2) is 54.6 Å². The highest BCUT2D eigenvalue weighted by Crippen LogP contribution is 2.21. The van der Waals surface area contributed by atoms with E-state index in [-0.39, 0.29) is 11.4 Å². The first-order valence-electron chi connectivity index (χ1n) is 6.86. The van der Waals surface area contributed by atoms with E-state index < -0.39 is 0 Å². The first-order valence-corrected chi connectivity index (χ1v) is 6.86. The van der Waals surface area contributed by atoms with Gasteiger partial charge in [-0.15, -0.1) is 0 Å². The second kappa shape index (κ2) is 5.75. The Kier molecular flexibility index (Phi) is 4.27. The van der Waals surface area contributed by atoms with Crippen molar-refractivity contribution in [2.75, 3.05) is 38.1 Å². The minimum absolute atomic E-state index is 0.0972. The Balaban J connectivity index is 1.96. The molecular formula is C14H24N4O. The molecule has 19 heavy (non-hydrogen) atoms. The largest absolute Gasteiger partial charge is 0.348 e. The molecule has 1 aromatic heterocycles. The van der Waals surface area contributed by atoms with E-state index in [0.29, 0.717) is 6.42 Å². The van der Waals surface area contributed by atoms with Crippen LogP contribution in [0.4, 0.5) is 5.82 Å². The molecular weight excluding hydrogens is 240 g/mol. The van der Waals surface area contributed by atoms with Gasteiger partial charge in [0, 0.05) is 51.4 Å². The Labute approximate surface area is 115 Å². The number of nitrogens with zero attached hydrogens (tertiary/aromatic N) is 2. The number of H-pyrrole nitrogens is 1. The predicted molar refractivity (Wildman–Crippen MR) is 77.3 cm³/mol. The molecule has 0 saturated carbocycles. The van der Waals surface area contributed by atoms with E-state index >= 15 is 0 Å². The van der Waals surface area contributed by atoms with Crippen LogP contribution < -0.4 is 10.2 Å². The SMILES string of the molecule is CN(C(=O)CC(C)(C)N1CCNCC1)c1ccc[nH]1. The summed E-state index contributed by atoms with van der Waals surface area (Å²) >= 11 is 0. The second-order valence-electron chi connectivity index (χ2n) is 5.73. The zero-order chi connectivity index (χ0) is 13.9. The van der Waals surface area contributed by atoms with Crippen LogP contribution in [0.25, 0.3) is 0 Å². The first-order chi connectivity index (χ1) is 9.00. The van der Waals surface area contributed by atoms with Crippen LogP contribution >= 0.6 is 0 Å². The lowest BCUT2D eigenvalue weighted by molar-refractivity contribution is -0.121. The number of carbonyl (C=O) groups is 1. The molecule has 1 aliphatic rings. The summed E-state index contributed by atoms with van der Waals surface area (Å²) in [6, 6.07) is 3.82. The summed E-state index contributed by atoms with van der Waals surface area (Å²) in [6.45, 7) is 8.32. The zero-order valence-electron chi connectivity index (χ0n) is 12.1. The first kappa shape index (κ1) is 14.1. The third-order valence-corrected chi connectivity index (χ3v) is 3.87.